The van der Waals surface area contributed by atoms with Gasteiger partial charge in [0.15, 0.2) is 0 Å². The zero-order chi connectivity index (χ0) is 26.3. The maximum atomic E-state index is 11.9. The van der Waals surface area contributed by atoms with Crippen molar-refractivity contribution < 1.29 is 29.6 Å². The van der Waals surface area contributed by atoms with Crippen LogP contribution in [-0.2, 0) is 9.53 Å². The van der Waals surface area contributed by atoms with Gasteiger partial charge in [-0.25, -0.2) is 0 Å². The molecular formula is C28H40ClNO6. The smallest absolute Gasteiger partial charge is 0.305 e. The Hall–Kier alpha value is -2.32. The third kappa shape index (κ3) is 10.7. The average Bonchev–Trinajstić information content (AvgIpc) is 3.13. The van der Waals surface area contributed by atoms with E-state index in [0.717, 1.165) is 26.1 Å². The van der Waals surface area contributed by atoms with Gasteiger partial charge < -0.3 is 29.7 Å². The lowest BCUT2D eigenvalue weighted by Gasteiger charge is -2.19. The highest BCUT2D eigenvalue weighted by Crippen LogP contribution is 2.36. The number of hydrogen-bond acceptors (Lipinski definition) is 7. The van der Waals surface area contributed by atoms with E-state index in [1.807, 2.05) is 12.2 Å². The van der Waals surface area contributed by atoms with Crippen LogP contribution in [0.5, 0.6) is 5.75 Å². The van der Waals surface area contributed by atoms with Gasteiger partial charge in [0.2, 0.25) is 0 Å². The van der Waals surface area contributed by atoms with Crippen LogP contribution in [0.1, 0.15) is 46.0 Å². The van der Waals surface area contributed by atoms with Crippen molar-refractivity contribution in [1.82, 2.24) is 4.90 Å². The second-order valence-electron chi connectivity index (χ2n) is 8.94. The zero-order valence-corrected chi connectivity index (χ0v) is 22.0. The molecule has 0 saturated heterocycles. The van der Waals surface area contributed by atoms with Crippen LogP contribution in [0.2, 0.25) is 5.02 Å². The SMILES string of the molecule is CCN(CC)CCOC(=O)CCCC=CCC1C(O)CC(O)C1C=CC(O)=COc1cccc(Cl)c1. The summed E-state index contributed by atoms with van der Waals surface area (Å²) in [7, 11) is 0. The summed E-state index contributed by atoms with van der Waals surface area (Å²) in [6, 6.07) is 6.82. The number of allylic oxidation sites excluding steroid dienone is 3. The number of aliphatic hydroxyl groups excluding tert-OH is 3. The van der Waals surface area contributed by atoms with Crippen LogP contribution in [-0.4, -0.2) is 64.6 Å². The summed E-state index contributed by atoms with van der Waals surface area (Å²) in [6.45, 7) is 7.23. The fourth-order valence-electron chi connectivity index (χ4n) is 4.26. The fraction of sp³-hybridized carbons (Fsp3) is 0.536. The Morgan fingerprint density at radius 2 is 1.97 bits per heavy atom. The topological polar surface area (TPSA) is 99.5 Å². The number of likely N-dealkylation sites (N-methyl/N-ethyl adjacent to an activating group) is 1. The van der Waals surface area contributed by atoms with Gasteiger partial charge >= 0.3 is 5.97 Å². The third-order valence-corrected chi connectivity index (χ3v) is 6.64. The van der Waals surface area contributed by atoms with Crippen molar-refractivity contribution >= 4 is 17.6 Å². The molecule has 4 unspecified atom stereocenters. The number of carbonyl (C=O) groups excluding carboxylic acids is 1. The van der Waals surface area contributed by atoms with Crippen molar-refractivity contribution in [2.45, 2.75) is 58.2 Å². The van der Waals surface area contributed by atoms with Gasteiger partial charge in [-0.1, -0.05) is 49.7 Å². The largest absolute Gasteiger partial charge is 0.505 e. The van der Waals surface area contributed by atoms with Gasteiger partial charge in [0.25, 0.3) is 0 Å². The van der Waals surface area contributed by atoms with Crippen LogP contribution in [0.15, 0.2) is 60.6 Å². The van der Waals surface area contributed by atoms with Crippen molar-refractivity contribution in [1.29, 1.82) is 0 Å². The monoisotopic (exact) mass is 521 g/mol. The molecule has 3 N–H and O–H groups in total. The summed E-state index contributed by atoms with van der Waals surface area (Å²) in [5.41, 5.74) is 0. The Morgan fingerprint density at radius 3 is 2.69 bits per heavy atom. The molecule has 0 bridgehead atoms. The molecule has 8 heteroatoms. The van der Waals surface area contributed by atoms with Crippen LogP contribution in [0.3, 0.4) is 0 Å². The van der Waals surface area contributed by atoms with Crippen LogP contribution < -0.4 is 4.74 Å². The maximum absolute atomic E-state index is 11.9. The van der Waals surface area contributed by atoms with E-state index in [1.54, 1.807) is 30.3 Å². The molecule has 36 heavy (non-hydrogen) atoms. The standard InChI is InChI=1S/C28H40ClNO6/c1-3-30(4-2)16-17-35-28(34)13-8-6-5-7-12-24-25(27(33)19-26(24)32)15-14-22(31)20-36-23-11-9-10-21(29)18-23/h5,7,9-11,14-15,18,20,24-27,31-33H,3-4,6,8,12-13,16-17,19H2,1-2H3. The van der Waals surface area contributed by atoms with Crippen molar-refractivity contribution in [2.24, 2.45) is 11.8 Å². The van der Waals surface area contributed by atoms with Crippen LogP contribution in [0.25, 0.3) is 0 Å². The molecule has 0 heterocycles. The number of aliphatic hydroxyl groups is 3. The molecule has 1 saturated carbocycles. The molecule has 0 spiro atoms. The van der Waals surface area contributed by atoms with Gasteiger partial charge in [0, 0.05) is 30.3 Å². The van der Waals surface area contributed by atoms with Crippen LogP contribution in [0.4, 0.5) is 0 Å². The summed E-state index contributed by atoms with van der Waals surface area (Å²) in [4.78, 5) is 14.1. The number of nitrogens with zero attached hydrogens (tertiary/aromatic N) is 1. The maximum Gasteiger partial charge on any atom is 0.305 e. The molecule has 0 radical (unpaired) electrons. The minimum atomic E-state index is -0.692. The third-order valence-electron chi connectivity index (χ3n) is 6.41. The predicted molar refractivity (Wildman–Crippen MR) is 142 cm³/mol. The van der Waals surface area contributed by atoms with E-state index in [-0.39, 0.29) is 30.0 Å². The zero-order valence-electron chi connectivity index (χ0n) is 21.3. The van der Waals surface area contributed by atoms with Gasteiger partial charge in [-0.2, -0.15) is 0 Å². The van der Waals surface area contributed by atoms with Gasteiger partial charge in [-0.05, 0) is 62.5 Å². The molecule has 1 fully saturated rings. The van der Waals surface area contributed by atoms with Gasteiger partial charge in [0.1, 0.15) is 24.4 Å². The van der Waals surface area contributed by atoms with Gasteiger partial charge in [-0.3, -0.25) is 4.79 Å². The summed E-state index contributed by atoms with van der Waals surface area (Å²) in [5, 5.41) is 31.4. The predicted octanol–water partition coefficient (Wildman–Crippen LogP) is 5.03. The van der Waals surface area contributed by atoms with Crippen molar-refractivity contribution in [3.05, 3.63) is 65.6 Å². The van der Waals surface area contributed by atoms with Gasteiger partial charge in [-0.15, -0.1) is 0 Å². The van der Waals surface area contributed by atoms with E-state index in [9.17, 15) is 20.1 Å². The molecule has 1 aromatic rings. The number of esters is 1. The second kappa shape index (κ2) is 16.4. The van der Waals surface area contributed by atoms with E-state index in [4.69, 9.17) is 21.1 Å². The average molecular weight is 522 g/mol. The summed E-state index contributed by atoms with van der Waals surface area (Å²) >= 11 is 5.92. The molecule has 0 aliphatic heterocycles. The fourth-order valence-corrected chi connectivity index (χ4v) is 4.44. The lowest BCUT2D eigenvalue weighted by molar-refractivity contribution is -0.144. The minimum absolute atomic E-state index is 0.109. The molecule has 1 aliphatic rings. The first kappa shape index (κ1) is 29.9. The Bertz CT molecular complexity index is 883. The number of hydrogen-bond donors (Lipinski definition) is 3. The van der Waals surface area contributed by atoms with E-state index in [0.29, 0.717) is 36.6 Å². The Morgan fingerprint density at radius 1 is 1.19 bits per heavy atom. The number of halogens is 1. The number of unbranched alkanes of at least 4 members (excludes halogenated alkanes) is 1. The molecule has 2 rings (SSSR count). The second-order valence-corrected chi connectivity index (χ2v) is 9.37. The first-order valence-corrected chi connectivity index (χ1v) is 13.1. The van der Waals surface area contributed by atoms with Gasteiger partial charge in [0.05, 0.1) is 12.2 Å². The first-order chi connectivity index (χ1) is 17.3. The highest BCUT2D eigenvalue weighted by Gasteiger charge is 2.39. The van der Waals surface area contributed by atoms with Crippen molar-refractivity contribution in [3.8, 4) is 5.75 Å². The highest BCUT2D eigenvalue weighted by molar-refractivity contribution is 6.30. The summed E-state index contributed by atoms with van der Waals surface area (Å²) in [6.07, 6.45) is 9.73. The van der Waals surface area contributed by atoms with E-state index in [1.165, 1.54) is 12.3 Å². The van der Waals surface area contributed by atoms with E-state index < -0.39 is 12.2 Å². The molecule has 4 atom stereocenters. The van der Waals surface area contributed by atoms with Crippen molar-refractivity contribution in [3.63, 3.8) is 0 Å². The van der Waals surface area contributed by atoms with Crippen LogP contribution >= 0.6 is 11.6 Å². The number of ether oxygens (including phenoxy) is 2. The molecule has 200 valence electrons. The lowest BCUT2D eigenvalue weighted by atomic mass is 9.90. The highest BCUT2D eigenvalue weighted by atomic mass is 35.5. The van der Waals surface area contributed by atoms with E-state index >= 15 is 0 Å². The Kier molecular flexibility index (Phi) is 13.6. The molecule has 0 amide bonds. The summed E-state index contributed by atoms with van der Waals surface area (Å²) in [5.74, 6) is -0.259. The molecule has 0 aromatic heterocycles. The van der Waals surface area contributed by atoms with Crippen LogP contribution in [0, 0.1) is 11.8 Å². The minimum Gasteiger partial charge on any atom is -0.505 e. The number of rotatable bonds is 15. The Labute approximate surface area is 219 Å². The normalized spacial score (nSPS) is 22.7. The lowest BCUT2D eigenvalue weighted by Crippen LogP contribution is -2.27. The Balaban J connectivity index is 1.75. The molecule has 1 aliphatic carbocycles. The molecule has 7 nitrogen and oxygen atoms in total. The first-order valence-electron chi connectivity index (χ1n) is 12.7. The quantitative estimate of drug-likeness (QED) is 0.0977. The summed E-state index contributed by atoms with van der Waals surface area (Å²) < 4.78 is 10.7. The van der Waals surface area contributed by atoms with E-state index in [2.05, 4.69) is 18.7 Å². The van der Waals surface area contributed by atoms with Crippen molar-refractivity contribution in [2.75, 3.05) is 26.2 Å². The number of carbonyl (C=O) groups is 1. The molecular weight excluding hydrogens is 482 g/mol. The molecule has 1 aromatic carbocycles. The number of benzene rings is 1.